The molecule has 0 aliphatic carbocycles. The van der Waals surface area contributed by atoms with Crippen molar-refractivity contribution in [2.24, 2.45) is 5.92 Å². The largest absolute Gasteiger partial charge is 0.508 e. The second kappa shape index (κ2) is 42.8. The number of ether oxygens (including phenoxy) is 3. The number of hydrogen-bond acceptors (Lipinski definition) is 7. The lowest BCUT2D eigenvalue weighted by Gasteiger charge is -2.21. The summed E-state index contributed by atoms with van der Waals surface area (Å²) in [5.74, 6) is 0.660. The molecule has 0 aromatic heterocycles. The highest BCUT2D eigenvalue weighted by atomic mass is 16.7. The fraction of sp³-hybridized carbons (Fsp3) is 0.957. The van der Waals surface area contributed by atoms with Gasteiger partial charge in [-0.1, -0.05) is 175 Å². The van der Waals surface area contributed by atoms with E-state index in [0.717, 1.165) is 96.7 Å². The van der Waals surface area contributed by atoms with Gasteiger partial charge in [0.2, 0.25) is 0 Å². The Morgan fingerprint density at radius 1 is 0.463 bits per heavy atom. The lowest BCUT2D eigenvalue weighted by molar-refractivity contribution is -0.150. The van der Waals surface area contributed by atoms with Gasteiger partial charge in [-0.2, -0.15) is 0 Å². The number of aliphatic hydroxyl groups excluding tert-OH is 1. The van der Waals surface area contributed by atoms with E-state index in [4.69, 9.17) is 14.2 Å². The molecule has 0 rings (SSSR count). The van der Waals surface area contributed by atoms with Crippen LogP contribution in [0.2, 0.25) is 0 Å². The van der Waals surface area contributed by atoms with E-state index in [1.807, 2.05) is 0 Å². The minimum absolute atomic E-state index is 0.00673. The van der Waals surface area contributed by atoms with Crippen LogP contribution >= 0.6 is 0 Å². The number of carbonyl (C=O) groups is 2. The minimum atomic E-state index is -0.517. The second-order valence-corrected chi connectivity index (χ2v) is 16.3. The van der Waals surface area contributed by atoms with E-state index in [-0.39, 0.29) is 18.7 Å². The molecule has 0 aliphatic heterocycles. The molecule has 0 saturated heterocycles. The van der Waals surface area contributed by atoms with Gasteiger partial charge in [-0.15, -0.1) is 0 Å². The number of aliphatic hydroxyl groups is 1. The first-order valence-corrected chi connectivity index (χ1v) is 23.8. The maximum atomic E-state index is 12.7. The molecular formula is C47H93NO6. The first kappa shape index (κ1) is 52.7. The summed E-state index contributed by atoms with van der Waals surface area (Å²) in [6.45, 7) is 12.8. The molecule has 0 bridgehead atoms. The van der Waals surface area contributed by atoms with E-state index in [0.29, 0.717) is 25.6 Å². The van der Waals surface area contributed by atoms with E-state index in [9.17, 15) is 14.7 Å². The van der Waals surface area contributed by atoms with E-state index in [2.05, 4.69) is 32.6 Å². The van der Waals surface area contributed by atoms with Crippen molar-refractivity contribution in [2.45, 2.75) is 246 Å². The standard InChI is InChI=1S/C47H93NO6/c1-5-9-13-15-18-26-34-45(35-27-19-16-14-10-6-2)54-46(50)36-28-20-17-21-29-38-48(40-41-49)39-30-22-23-31-42-52-47(51)53-43-37-44(32-24-11-7-3)33-25-12-8-4/h44-45,49H,5-43H2,1-4H3. The Hall–Kier alpha value is -1.34. The lowest BCUT2D eigenvalue weighted by atomic mass is 9.92. The second-order valence-electron chi connectivity index (χ2n) is 16.3. The van der Waals surface area contributed by atoms with Crippen molar-refractivity contribution in [3.05, 3.63) is 0 Å². The molecule has 0 saturated carbocycles. The molecular weight excluding hydrogens is 675 g/mol. The third kappa shape index (κ3) is 37.6. The van der Waals surface area contributed by atoms with Gasteiger partial charge >= 0.3 is 12.1 Å². The van der Waals surface area contributed by atoms with Crippen LogP contribution in [0.3, 0.4) is 0 Å². The molecule has 7 heteroatoms. The summed E-state index contributed by atoms with van der Waals surface area (Å²) in [6.07, 6.45) is 38.0. The third-order valence-corrected chi connectivity index (χ3v) is 11.1. The van der Waals surface area contributed by atoms with Crippen LogP contribution < -0.4 is 0 Å². The van der Waals surface area contributed by atoms with Crippen LogP contribution in [0.4, 0.5) is 4.79 Å². The topological polar surface area (TPSA) is 85.3 Å². The normalized spacial score (nSPS) is 11.6. The zero-order valence-corrected chi connectivity index (χ0v) is 36.7. The number of nitrogens with zero attached hydrogens (tertiary/aromatic N) is 1. The van der Waals surface area contributed by atoms with Gasteiger partial charge in [0, 0.05) is 13.0 Å². The summed E-state index contributed by atoms with van der Waals surface area (Å²) in [7, 11) is 0. The van der Waals surface area contributed by atoms with E-state index < -0.39 is 6.16 Å². The van der Waals surface area contributed by atoms with Crippen molar-refractivity contribution >= 4 is 12.1 Å². The van der Waals surface area contributed by atoms with Gasteiger partial charge in [-0.25, -0.2) is 4.79 Å². The molecule has 0 spiro atoms. The Morgan fingerprint density at radius 2 is 0.889 bits per heavy atom. The first-order valence-electron chi connectivity index (χ1n) is 23.8. The maximum absolute atomic E-state index is 12.7. The average Bonchev–Trinajstić information content (AvgIpc) is 3.16. The summed E-state index contributed by atoms with van der Waals surface area (Å²) in [6, 6.07) is 0. The fourth-order valence-electron chi connectivity index (χ4n) is 7.52. The van der Waals surface area contributed by atoms with Crippen LogP contribution in [-0.4, -0.2) is 67.7 Å². The molecule has 7 nitrogen and oxygen atoms in total. The summed E-state index contributed by atoms with van der Waals surface area (Å²) in [5, 5.41) is 9.57. The SMILES string of the molecule is CCCCCCCCC(CCCCCCCC)OC(=O)CCCCCCCN(CCO)CCCCCCOC(=O)OCCC(CCCCC)CCCCC. The molecule has 0 atom stereocenters. The van der Waals surface area contributed by atoms with Crippen LogP contribution in [0.1, 0.15) is 240 Å². The Kier molecular flexibility index (Phi) is 41.7. The van der Waals surface area contributed by atoms with Crippen LogP contribution in [0.25, 0.3) is 0 Å². The summed E-state index contributed by atoms with van der Waals surface area (Å²) < 4.78 is 16.8. The van der Waals surface area contributed by atoms with Gasteiger partial charge in [0.05, 0.1) is 19.8 Å². The highest BCUT2D eigenvalue weighted by molar-refractivity contribution is 5.69. The van der Waals surface area contributed by atoms with Crippen molar-refractivity contribution < 1.29 is 28.9 Å². The highest BCUT2D eigenvalue weighted by Gasteiger charge is 2.15. The zero-order valence-electron chi connectivity index (χ0n) is 36.7. The molecule has 0 amide bonds. The Balaban J connectivity index is 4.06. The number of carbonyl (C=O) groups excluding carboxylic acids is 2. The predicted octanol–water partition coefficient (Wildman–Crippen LogP) is 13.9. The van der Waals surface area contributed by atoms with Crippen molar-refractivity contribution in [3.63, 3.8) is 0 Å². The summed E-state index contributed by atoms with van der Waals surface area (Å²) in [4.78, 5) is 27.2. The summed E-state index contributed by atoms with van der Waals surface area (Å²) in [5.41, 5.74) is 0. The predicted molar refractivity (Wildman–Crippen MR) is 229 cm³/mol. The Labute approximate surface area is 336 Å². The van der Waals surface area contributed by atoms with Crippen LogP contribution in [-0.2, 0) is 19.0 Å². The van der Waals surface area contributed by atoms with E-state index in [1.165, 1.54) is 128 Å². The molecule has 0 aromatic carbocycles. The van der Waals surface area contributed by atoms with E-state index >= 15 is 0 Å². The van der Waals surface area contributed by atoms with Crippen LogP contribution in [0.15, 0.2) is 0 Å². The fourth-order valence-corrected chi connectivity index (χ4v) is 7.52. The van der Waals surface area contributed by atoms with Crippen molar-refractivity contribution in [3.8, 4) is 0 Å². The molecule has 54 heavy (non-hydrogen) atoms. The van der Waals surface area contributed by atoms with Crippen molar-refractivity contribution in [1.82, 2.24) is 4.90 Å². The molecule has 0 fully saturated rings. The highest BCUT2D eigenvalue weighted by Crippen LogP contribution is 2.22. The monoisotopic (exact) mass is 768 g/mol. The summed E-state index contributed by atoms with van der Waals surface area (Å²) >= 11 is 0. The van der Waals surface area contributed by atoms with Crippen LogP contribution in [0, 0.1) is 5.92 Å². The average molecular weight is 768 g/mol. The van der Waals surface area contributed by atoms with Crippen LogP contribution in [0.5, 0.6) is 0 Å². The number of unbranched alkanes of at least 4 members (excludes halogenated alkanes) is 21. The van der Waals surface area contributed by atoms with Gasteiger partial charge in [0.15, 0.2) is 0 Å². The molecule has 322 valence electrons. The first-order chi connectivity index (χ1) is 26.5. The molecule has 0 heterocycles. The Bertz CT molecular complexity index is 753. The minimum Gasteiger partial charge on any atom is -0.462 e. The Morgan fingerprint density at radius 3 is 1.43 bits per heavy atom. The van der Waals surface area contributed by atoms with Crippen molar-refractivity contribution in [1.29, 1.82) is 0 Å². The number of hydrogen-bond donors (Lipinski definition) is 1. The number of rotatable bonds is 43. The molecule has 0 unspecified atom stereocenters. The van der Waals surface area contributed by atoms with Gasteiger partial charge in [0.1, 0.15) is 6.10 Å². The van der Waals surface area contributed by atoms with Gasteiger partial charge < -0.3 is 24.2 Å². The smallest absolute Gasteiger partial charge is 0.462 e. The quantitative estimate of drug-likeness (QED) is 0.0488. The van der Waals surface area contributed by atoms with Crippen molar-refractivity contribution in [2.75, 3.05) is 39.5 Å². The van der Waals surface area contributed by atoms with E-state index in [1.54, 1.807) is 0 Å². The maximum Gasteiger partial charge on any atom is 0.508 e. The third-order valence-electron chi connectivity index (χ3n) is 11.1. The molecule has 0 radical (unpaired) electrons. The van der Waals surface area contributed by atoms with Gasteiger partial charge in [-0.05, 0) is 76.8 Å². The molecule has 0 aliphatic rings. The molecule has 0 aromatic rings. The van der Waals surface area contributed by atoms with Gasteiger partial charge in [-0.3, -0.25) is 4.79 Å². The zero-order chi connectivity index (χ0) is 39.6. The molecule has 1 N–H and O–H groups in total. The van der Waals surface area contributed by atoms with Gasteiger partial charge in [0.25, 0.3) is 0 Å². The lowest BCUT2D eigenvalue weighted by Crippen LogP contribution is -2.29. The number of esters is 1.